The van der Waals surface area contributed by atoms with Crippen LogP contribution in [0.25, 0.3) is 0 Å². The predicted octanol–water partition coefficient (Wildman–Crippen LogP) is 1.15. The number of hydrogen-bond acceptors (Lipinski definition) is 4. The molecule has 0 spiro atoms. The standard InChI is InChI=1S/C14H11NO4S/c1-20(18,19)15-7-6-11-12(8-15)14(17)10-5-3-2-4-9(10)13(11)16/h2-7H,8H2,1H3. The molecule has 0 atom stereocenters. The number of hydrogen-bond donors (Lipinski definition) is 0. The lowest BCUT2D eigenvalue weighted by Gasteiger charge is -2.27. The van der Waals surface area contributed by atoms with Crippen molar-refractivity contribution in [2.24, 2.45) is 0 Å². The van der Waals surface area contributed by atoms with E-state index in [4.69, 9.17) is 0 Å². The zero-order valence-electron chi connectivity index (χ0n) is 10.7. The third-order valence-electron chi connectivity index (χ3n) is 3.41. The Bertz CT molecular complexity index is 802. The van der Waals surface area contributed by atoms with Crippen LogP contribution in [-0.2, 0) is 10.0 Å². The summed E-state index contributed by atoms with van der Waals surface area (Å²) in [5.74, 6) is -0.521. The monoisotopic (exact) mass is 289 g/mol. The van der Waals surface area contributed by atoms with E-state index in [1.807, 2.05) is 0 Å². The Hall–Kier alpha value is -2.21. The van der Waals surface area contributed by atoms with Gasteiger partial charge < -0.3 is 0 Å². The number of carbonyl (C=O) groups is 2. The molecule has 0 amide bonds. The Morgan fingerprint density at radius 1 is 1.05 bits per heavy atom. The minimum atomic E-state index is -3.45. The first-order chi connectivity index (χ1) is 9.39. The van der Waals surface area contributed by atoms with Crippen LogP contribution in [0.4, 0.5) is 0 Å². The van der Waals surface area contributed by atoms with Gasteiger partial charge in [-0.05, 0) is 6.08 Å². The molecule has 0 saturated heterocycles. The Morgan fingerprint density at radius 2 is 1.65 bits per heavy atom. The van der Waals surface area contributed by atoms with E-state index in [2.05, 4.69) is 0 Å². The maximum absolute atomic E-state index is 12.4. The number of ketones is 2. The first-order valence-corrected chi connectivity index (χ1v) is 7.81. The van der Waals surface area contributed by atoms with Crippen LogP contribution in [0.1, 0.15) is 20.7 Å². The fourth-order valence-electron chi connectivity index (χ4n) is 2.37. The van der Waals surface area contributed by atoms with Crippen LogP contribution in [0.5, 0.6) is 0 Å². The van der Waals surface area contributed by atoms with Gasteiger partial charge in [-0.15, -0.1) is 0 Å². The van der Waals surface area contributed by atoms with Crippen LogP contribution < -0.4 is 0 Å². The summed E-state index contributed by atoms with van der Waals surface area (Å²) in [4.78, 5) is 24.7. The fraction of sp³-hybridized carbons (Fsp3) is 0.143. The Morgan fingerprint density at radius 3 is 2.25 bits per heavy atom. The normalized spacial score (nSPS) is 18.1. The van der Waals surface area contributed by atoms with Gasteiger partial charge in [0.2, 0.25) is 10.0 Å². The molecule has 1 aromatic carbocycles. The summed E-state index contributed by atoms with van der Waals surface area (Å²) in [6.45, 7) is -0.0937. The fourth-order valence-corrected chi connectivity index (χ4v) is 3.02. The number of benzene rings is 1. The largest absolute Gasteiger partial charge is 0.289 e. The van der Waals surface area contributed by atoms with Crippen LogP contribution in [-0.4, -0.2) is 37.1 Å². The van der Waals surface area contributed by atoms with Gasteiger partial charge in [-0.25, -0.2) is 8.42 Å². The second kappa shape index (κ2) is 4.14. The Balaban J connectivity index is 2.12. The number of carbonyl (C=O) groups excluding carboxylic acids is 2. The van der Waals surface area contributed by atoms with Crippen molar-refractivity contribution in [3.63, 3.8) is 0 Å². The molecule has 2 aliphatic rings. The van der Waals surface area contributed by atoms with Crippen molar-refractivity contribution in [2.45, 2.75) is 0 Å². The van der Waals surface area contributed by atoms with E-state index >= 15 is 0 Å². The molecular formula is C14H11NO4S. The van der Waals surface area contributed by atoms with Crippen molar-refractivity contribution in [3.8, 4) is 0 Å². The third kappa shape index (κ3) is 1.80. The molecule has 0 radical (unpaired) electrons. The summed E-state index contributed by atoms with van der Waals surface area (Å²) in [5, 5.41) is 0. The van der Waals surface area contributed by atoms with E-state index in [0.717, 1.165) is 10.6 Å². The zero-order valence-corrected chi connectivity index (χ0v) is 11.5. The first kappa shape index (κ1) is 12.8. The zero-order chi connectivity index (χ0) is 14.5. The molecule has 102 valence electrons. The van der Waals surface area contributed by atoms with Gasteiger partial charge in [-0.3, -0.25) is 13.9 Å². The van der Waals surface area contributed by atoms with E-state index in [-0.39, 0.29) is 29.3 Å². The molecular weight excluding hydrogens is 278 g/mol. The van der Waals surface area contributed by atoms with Gasteiger partial charge >= 0.3 is 0 Å². The molecule has 0 bridgehead atoms. The number of nitrogens with zero attached hydrogens (tertiary/aromatic N) is 1. The highest BCUT2D eigenvalue weighted by Gasteiger charge is 2.34. The molecule has 5 nitrogen and oxygen atoms in total. The number of fused-ring (bicyclic) bond motifs is 1. The maximum atomic E-state index is 12.4. The van der Waals surface area contributed by atoms with Gasteiger partial charge in [0.15, 0.2) is 11.6 Å². The van der Waals surface area contributed by atoms with Gasteiger partial charge in [-0.2, -0.15) is 0 Å². The highest BCUT2D eigenvalue weighted by atomic mass is 32.2. The summed E-state index contributed by atoms with van der Waals surface area (Å²) in [7, 11) is -3.45. The van der Waals surface area contributed by atoms with Crippen molar-refractivity contribution in [3.05, 3.63) is 58.8 Å². The Kier molecular flexibility index (Phi) is 2.65. The van der Waals surface area contributed by atoms with Gasteiger partial charge in [0, 0.05) is 28.5 Å². The SMILES string of the molecule is CS(=O)(=O)N1C=CC2=C(C1)C(=O)c1ccccc1C2=O. The number of sulfonamides is 1. The van der Waals surface area contributed by atoms with Crippen molar-refractivity contribution in [1.29, 1.82) is 0 Å². The van der Waals surface area contributed by atoms with E-state index in [0.29, 0.717) is 11.1 Å². The first-order valence-electron chi connectivity index (χ1n) is 5.96. The topological polar surface area (TPSA) is 71.5 Å². The minimum Gasteiger partial charge on any atom is -0.289 e. The van der Waals surface area contributed by atoms with Gasteiger partial charge in [0.25, 0.3) is 0 Å². The second-order valence-corrected chi connectivity index (χ2v) is 6.66. The molecule has 0 fully saturated rings. The third-order valence-corrected chi connectivity index (χ3v) is 4.51. The minimum absolute atomic E-state index is 0.0937. The highest BCUT2D eigenvalue weighted by molar-refractivity contribution is 7.88. The van der Waals surface area contributed by atoms with Gasteiger partial charge in [-0.1, -0.05) is 24.3 Å². The lowest BCUT2D eigenvalue weighted by Crippen LogP contribution is -2.35. The van der Waals surface area contributed by atoms with Crippen LogP contribution >= 0.6 is 0 Å². The molecule has 0 unspecified atom stereocenters. The van der Waals surface area contributed by atoms with Crippen molar-refractivity contribution < 1.29 is 18.0 Å². The lowest BCUT2D eigenvalue weighted by atomic mass is 9.83. The van der Waals surface area contributed by atoms with Crippen molar-refractivity contribution >= 4 is 21.6 Å². The van der Waals surface area contributed by atoms with Crippen LogP contribution in [0, 0.1) is 0 Å². The quantitative estimate of drug-likeness (QED) is 0.777. The van der Waals surface area contributed by atoms with E-state index in [9.17, 15) is 18.0 Å². The summed E-state index contributed by atoms with van der Waals surface area (Å²) < 4.78 is 24.2. The number of Topliss-reactive ketones (excluding diaryl/α,β-unsaturated/α-hetero) is 2. The number of allylic oxidation sites excluding steroid dienone is 2. The molecule has 1 aliphatic heterocycles. The average Bonchev–Trinajstić information content (AvgIpc) is 2.43. The molecule has 20 heavy (non-hydrogen) atoms. The molecule has 1 aromatic rings. The molecule has 6 heteroatoms. The summed E-state index contributed by atoms with van der Waals surface area (Å²) in [5.41, 5.74) is 1.23. The molecule has 1 heterocycles. The molecule has 0 aromatic heterocycles. The summed E-state index contributed by atoms with van der Waals surface area (Å²) in [6.07, 6.45) is 3.79. The molecule has 1 aliphatic carbocycles. The van der Waals surface area contributed by atoms with Crippen LogP contribution in [0.3, 0.4) is 0 Å². The van der Waals surface area contributed by atoms with Crippen LogP contribution in [0.15, 0.2) is 47.7 Å². The van der Waals surface area contributed by atoms with E-state index in [1.165, 1.54) is 12.3 Å². The van der Waals surface area contributed by atoms with E-state index in [1.54, 1.807) is 24.3 Å². The van der Waals surface area contributed by atoms with Crippen molar-refractivity contribution in [1.82, 2.24) is 4.31 Å². The summed E-state index contributed by atoms with van der Waals surface area (Å²) >= 11 is 0. The van der Waals surface area contributed by atoms with Crippen molar-refractivity contribution in [2.75, 3.05) is 12.8 Å². The smallest absolute Gasteiger partial charge is 0.232 e. The van der Waals surface area contributed by atoms with Gasteiger partial charge in [0.05, 0.1) is 12.8 Å². The molecule has 3 rings (SSSR count). The van der Waals surface area contributed by atoms with E-state index < -0.39 is 10.0 Å². The second-order valence-electron chi connectivity index (χ2n) is 4.72. The van der Waals surface area contributed by atoms with Crippen LogP contribution in [0.2, 0.25) is 0 Å². The number of rotatable bonds is 1. The Labute approximate surface area is 116 Å². The summed E-state index contributed by atoms with van der Waals surface area (Å²) in [6, 6.07) is 6.58. The lowest BCUT2D eigenvalue weighted by molar-refractivity contribution is 0.0972. The average molecular weight is 289 g/mol. The predicted molar refractivity (Wildman–Crippen MR) is 72.8 cm³/mol. The molecule has 0 saturated carbocycles. The maximum Gasteiger partial charge on any atom is 0.232 e. The molecule has 0 N–H and O–H groups in total. The highest BCUT2D eigenvalue weighted by Crippen LogP contribution is 2.30. The van der Waals surface area contributed by atoms with Gasteiger partial charge in [0.1, 0.15) is 0 Å².